The number of nitrogens with zero attached hydrogens (tertiary/aromatic N) is 2. The van der Waals surface area contributed by atoms with Crippen molar-refractivity contribution < 1.29 is 9.47 Å². The Morgan fingerprint density at radius 1 is 1.20 bits per heavy atom. The Hall–Kier alpha value is -2.39. The highest BCUT2D eigenvalue weighted by molar-refractivity contribution is 7.99. The fourth-order valence-corrected chi connectivity index (χ4v) is 2.67. The number of benzene rings is 1. The van der Waals surface area contributed by atoms with Crippen LogP contribution in [0.3, 0.4) is 0 Å². The van der Waals surface area contributed by atoms with Gasteiger partial charge in [-0.1, -0.05) is 11.8 Å². The van der Waals surface area contributed by atoms with Crippen LogP contribution in [0.2, 0.25) is 0 Å². The molecule has 0 aliphatic carbocycles. The lowest BCUT2D eigenvalue weighted by Gasteiger charge is -2.18. The molecule has 0 bridgehead atoms. The summed E-state index contributed by atoms with van der Waals surface area (Å²) >= 11 is 1.40. The van der Waals surface area contributed by atoms with Crippen molar-refractivity contribution >= 4 is 17.4 Å². The van der Waals surface area contributed by atoms with Crippen molar-refractivity contribution in [2.45, 2.75) is 9.92 Å². The second-order valence-corrected chi connectivity index (χ2v) is 5.20. The molecule has 6 heteroatoms. The van der Waals surface area contributed by atoms with Crippen LogP contribution in [0, 0.1) is 11.3 Å². The van der Waals surface area contributed by atoms with Crippen molar-refractivity contribution in [2.75, 3.05) is 18.9 Å². The van der Waals surface area contributed by atoms with E-state index in [0.717, 1.165) is 16.4 Å². The zero-order valence-electron chi connectivity index (χ0n) is 10.5. The van der Waals surface area contributed by atoms with E-state index in [1.54, 1.807) is 12.3 Å². The molecule has 20 heavy (non-hydrogen) atoms. The van der Waals surface area contributed by atoms with Crippen LogP contribution < -0.4 is 15.2 Å². The summed E-state index contributed by atoms with van der Waals surface area (Å²) in [5.41, 5.74) is 6.57. The first-order valence-corrected chi connectivity index (χ1v) is 6.81. The fraction of sp³-hybridized carbons (Fsp3) is 0.143. The highest BCUT2D eigenvalue weighted by atomic mass is 32.2. The van der Waals surface area contributed by atoms with Crippen LogP contribution in [0.4, 0.5) is 5.69 Å². The van der Waals surface area contributed by atoms with E-state index in [1.807, 2.05) is 18.2 Å². The molecule has 5 nitrogen and oxygen atoms in total. The van der Waals surface area contributed by atoms with Gasteiger partial charge in [0.05, 0.1) is 17.4 Å². The average molecular weight is 285 g/mol. The predicted octanol–water partition coefficient (Wildman–Crippen LogP) is 2.46. The summed E-state index contributed by atoms with van der Waals surface area (Å²) in [6, 6.07) is 9.38. The standard InChI is InChI=1S/C14H11N3O2S/c15-7-9-5-10(16)8-17-14(9)20-11-1-2-12-13(6-11)19-4-3-18-12/h1-2,5-6,8H,3-4,16H2. The molecule has 2 aromatic rings. The van der Waals surface area contributed by atoms with Gasteiger partial charge >= 0.3 is 0 Å². The Morgan fingerprint density at radius 2 is 2.00 bits per heavy atom. The fourth-order valence-electron chi connectivity index (χ4n) is 1.83. The van der Waals surface area contributed by atoms with Gasteiger partial charge in [0, 0.05) is 4.90 Å². The number of nitriles is 1. The zero-order chi connectivity index (χ0) is 13.9. The molecule has 3 rings (SSSR count). The largest absolute Gasteiger partial charge is 0.486 e. The lowest BCUT2D eigenvalue weighted by Crippen LogP contribution is -2.15. The van der Waals surface area contributed by atoms with Crippen LogP contribution in [-0.2, 0) is 0 Å². The summed E-state index contributed by atoms with van der Waals surface area (Å²) in [6.07, 6.45) is 1.54. The van der Waals surface area contributed by atoms with E-state index in [0.29, 0.717) is 29.5 Å². The maximum absolute atomic E-state index is 9.11. The monoisotopic (exact) mass is 285 g/mol. The van der Waals surface area contributed by atoms with Crippen molar-refractivity contribution in [2.24, 2.45) is 0 Å². The first-order chi connectivity index (χ1) is 9.76. The molecule has 100 valence electrons. The number of hydrogen-bond acceptors (Lipinski definition) is 6. The lowest BCUT2D eigenvalue weighted by atomic mass is 10.3. The van der Waals surface area contributed by atoms with Gasteiger partial charge in [0.1, 0.15) is 24.3 Å². The third kappa shape index (κ3) is 2.49. The molecule has 2 N–H and O–H groups in total. The molecule has 0 amide bonds. The minimum absolute atomic E-state index is 0.463. The van der Waals surface area contributed by atoms with Crippen LogP contribution in [0.25, 0.3) is 0 Å². The molecule has 0 saturated heterocycles. The van der Waals surface area contributed by atoms with Crippen molar-refractivity contribution in [1.82, 2.24) is 4.98 Å². The van der Waals surface area contributed by atoms with E-state index in [1.165, 1.54) is 11.8 Å². The van der Waals surface area contributed by atoms with Gasteiger partial charge in [-0.2, -0.15) is 5.26 Å². The molecule has 0 unspecified atom stereocenters. The Morgan fingerprint density at radius 3 is 2.80 bits per heavy atom. The van der Waals surface area contributed by atoms with Crippen molar-refractivity contribution in [1.29, 1.82) is 5.26 Å². The summed E-state index contributed by atoms with van der Waals surface area (Å²) in [7, 11) is 0. The molecule has 1 aliphatic rings. The molecule has 2 heterocycles. The summed E-state index contributed by atoms with van der Waals surface area (Å²) in [5.74, 6) is 1.46. The molecule has 0 fully saturated rings. The topological polar surface area (TPSA) is 81.2 Å². The predicted molar refractivity (Wildman–Crippen MR) is 74.9 cm³/mol. The Bertz CT molecular complexity index is 697. The molecular weight excluding hydrogens is 274 g/mol. The molecule has 0 saturated carbocycles. The molecule has 1 aliphatic heterocycles. The number of fused-ring (bicyclic) bond motifs is 1. The first-order valence-electron chi connectivity index (χ1n) is 5.99. The summed E-state index contributed by atoms with van der Waals surface area (Å²) < 4.78 is 11.0. The van der Waals surface area contributed by atoms with Crippen molar-refractivity contribution in [3.8, 4) is 17.6 Å². The van der Waals surface area contributed by atoms with Gasteiger partial charge in [-0.15, -0.1) is 0 Å². The molecule has 0 radical (unpaired) electrons. The number of anilines is 1. The summed E-state index contributed by atoms with van der Waals surface area (Å²) in [4.78, 5) is 5.13. The first kappa shape index (κ1) is 12.6. The van der Waals surface area contributed by atoms with Crippen LogP contribution in [-0.4, -0.2) is 18.2 Å². The quantitative estimate of drug-likeness (QED) is 0.912. The van der Waals surface area contributed by atoms with Gasteiger partial charge in [0.2, 0.25) is 0 Å². The Balaban J connectivity index is 1.90. The number of aromatic nitrogens is 1. The van der Waals surface area contributed by atoms with E-state index >= 15 is 0 Å². The van der Waals surface area contributed by atoms with Gasteiger partial charge in [-0.25, -0.2) is 4.98 Å². The van der Waals surface area contributed by atoms with Crippen LogP contribution in [0.1, 0.15) is 5.56 Å². The Labute approximate surface area is 120 Å². The maximum atomic E-state index is 9.11. The molecule has 0 atom stereocenters. The minimum atomic E-state index is 0.463. The molecule has 1 aromatic heterocycles. The Kier molecular flexibility index (Phi) is 3.35. The number of hydrogen-bond donors (Lipinski definition) is 1. The number of ether oxygens (including phenoxy) is 2. The third-order valence-electron chi connectivity index (χ3n) is 2.72. The highest BCUT2D eigenvalue weighted by Gasteiger charge is 2.13. The SMILES string of the molecule is N#Cc1cc(N)cnc1Sc1ccc2c(c1)OCCO2. The second-order valence-electron chi connectivity index (χ2n) is 4.14. The van der Waals surface area contributed by atoms with Gasteiger partial charge in [0.15, 0.2) is 11.5 Å². The second kappa shape index (κ2) is 5.31. The normalized spacial score (nSPS) is 12.8. The highest BCUT2D eigenvalue weighted by Crippen LogP contribution is 2.37. The van der Waals surface area contributed by atoms with Gasteiger partial charge in [-0.3, -0.25) is 0 Å². The minimum Gasteiger partial charge on any atom is -0.486 e. The third-order valence-corrected chi connectivity index (χ3v) is 3.73. The van der Waals surface area contributed by atoms with Gasteiger partial charge in [-0.05, 0) is 24.3 Å². The molecular formula is C14H11N3O2S. The number of nitrogen functional groups attached to an aromatic ring is 1. The maximum Gasteiger partial charge on any atom is 0.162 e. The van der Waals surface area contributed by atoms with Crippen molar-refractivity contribution in [3.05, 3.63) is 36.0 Å². The van der Waals surface area contributed by atoms with E-state index in [2.05, 4.69) is 11.1 Å². The summed E-state index contributed by atoms with van der Waals surface area (Å²) in [6.45, 7) is 1.11. The van der Waals surface area contributed by atoms with Crippen LogP contribution >= 0.6 is 11.8 Å². The number of rotatable bonds is 2. The van der Waals surface area contributed by atoms with E-state index in [4.69, 9.17) is 20.5 Å². The molecule has 1 aromatic carbocycles. The van der Waals surface area contributed by atoms with Crippen LogP contribution in [0.5, 0.6) is 11.5 Å². The van der Waals surface area contributed by atoms with E-state index in [9.17, 15) is 0 Å². The summed E-state index contributed by atoms with van der Waals surface area (Å²) in [5, 5.41) is 9.73. The average Bonchev–Trinajstić information content (AvgIpc) is 2.49. The van der Waals surface area contributed by atoms with Gasteiger partial charge in [0.25, 0.3) is 0 Å². The zero-order valence-corrected chi connectivity index (χ0v) is 11.3. The van der Waals surface area contributed by atoms with Gasteiger partial charge < -0.3 is 15.2 Å². The number of nitrogens with two attached hydrogens (primary N) is 1. The lowest BCUT2D eigenvalue weighted by molar-refractivity contribution is 0.171. The number of pyridine rings is 1. The van der Waals surface area contributed by atoms with E-state index < -0.39 is 0 Å². The van der Waals surface area contributed by atoms with E-state index in [-0.39, 0.29) is 0 Å². The smallest absolute Gasteiger partial charge is 0.162 e. The van der Waals surface area contributed by atoms with Crippen LogP contribution in [0.15, 0.2) is 40.4 Å². The molecule has 0 spiro atoms. The van der Waals surface area contributed by atoms with Crippen molar-refractivity contribution in [3.63, 3.8) is 0 Å².